The molecule has 0 saturated heterocycles. The molecule has 6 heteroatoms. The minimum absolute atomic E-state index is 0.158. The first kappa shape index (κ1) is 15.5. The zero-order valence-electron chi connectivity index (χ0n) is 13.8. The van der Waals surface area contributed by atoms with Gasteiger partial charge in [0.1, 0.15) is 11.5 Å². The summed E-state index contributed by atoms with van der Waals surface area (Å²) in [5.41, 5.74) is 1.68. The van der Waals surface area contributed by atoms with Crippen molar-refractivity contribution in [1.29, 1.82) is 0 Å². The minimum Gasteiger partial charge on any atom is -0.480 e. The van der Waals surface area contributed by atoms with Crippen LogP contribution in [0.15, 0.2) is 48.5 Å². The van der Waals surface area contributed by atoms with E-state index in [1.54, 1.807) is 18.0 Å². The molecule has 2 aromatic rings. The van der Waals surface area contributed by atoms with Crippen LogP contribution >= 0.6 is 0 Å². The Morgan fingerprint density at radius 1 is 1.00 bits per heavy atom. The van der Waals surface area contributed by atoms with E-state index in [0.29, 0.717) is 17.9 Å². The van der Waals surface area contributed by atoms with Gasteiger partial charge >= 0.3 is 0 Å². The maximum atomic E-state index is 13.1. The van der Waals surface area contributed by atoms with Gasteiger partial charge in [0.05, 0.1) is 12.2 Å². The van der Waals surface area contributed by atoms with Gasteiger partial charge in [-0.05, 0) is 23.8 Å². The fourth-order valence-electron chi connectivity index (χ4n) is 3.23. The van der Waals surface area contributed by atoms with Crippen molar-refractivity contribution in [2.45, 2.75) is 18.6 Å². The molecule has 2 aliphatic heterocycles. The Balaban J connectivity index is 1.62. The van der Waals surface area contributed by atoms with E-state index >= 15 is 0 Å². The van der Waals surface area contributed by atoms with Gasteiger partial charge in [0.2, 0.25) is 0 Å². The Hall–Kier alpha value is -3.02. The average molecular weight is 338 g/mol. The quantitative estimate of drug-likeness (QED) is 0.902. The molecule has 1 N–H and O–H groups in total. The molecule has 0 radical (unpaired) electrons. The van der Waals surface area contributed by atoms with E-state index in [0.717, 1.165) is 11.3 Å². The smallest absolute Gasteiger partial charge is 0.268 e. The molecule has 0 bridgehead atoms. The Bertz CT molecular complexity index is 811. The van der Waals surface area contributed by atoms with E-state index in [9.17, 15) is 9.59 Å². The highest BCUT2D eigenvalue weighted by atomic mass is 16.5. The zero-order valence-corrected chi connectivity index (χ0v) is 13.8. The predicted octanol–water partition coefficient (Wildman–Crippen LogP) is 1.53. The Morgan fingerprint density at radius 3 is 2.44 bits per heavy atom. The molecule has 2 aliphatic rings. The number of nitrogens with zero attached hydrogens (tertiary/aromatic N) is 1. The molecule has 0 aliphatic carbocycles. The second-order valence-corrected chi connectivity index (χ2v) is 6.06. The summed E-state index contributed by atoms with van der Waals surface area (Å²) in [4.78, 5) is 26.7. The number of amides is 2. The molecule has 0 spiro atoms. The summed E-state index contributed by atoms with van der Waals surface area (Å²) in [6.07, 6.45) is -0.805. The first-order chi connectivity index (χ1) is 12.2. The molecule has 0 aromatic heterocycles. The van der Waals surface area contributed by atoms with E-state index in [4.69, 9.17) is 9.47 Å². The van der Waals surface area contributed by atoms with Gasteiger partial charge in [-0.3, -0.25) is 9.59 Å². The molecule has 2 atom stereocenters. The largest absolute Gasteiger partial charge is 0.480 e. The van der Waals surface area contributed by atoms with Crippen molar-refractivity contribution in [2.24, 2.45) is 0 Å². The van der Waals surface area contributed by atoms with Crippen molar-refractivity contribution >= 4 is 17.5 Å². The van der Waals surface area contributed by atoms with E-state index in [2.05, 4.69) is 5.32 Å². The van der Waals surface area contributed by atoms with Gasteiger partial charge in [-0.2, -0.15) is 0 Å². The van der Waals surface area contributed by atoms with Crippen molar-refractivity contribution in [3.63, 3.8) is 0 Å². The molecule has 0 unspecified atom stereocenters. The lowest BCUT2D eigenvalue weighted by Gasteiger charge is -2.35. The lowest BCUT2D eigenvalue weighted by molar-refractivity contribution is -0.129. The summed E-state index contributed by atoms with van der Waals surface area (Å²) in [5.74, 6) is 0.834. The molecule has 2 aromatic carbocycles. The standard InChI is InChI=1S/C19H18N2O4/c1-20-18(22)17-11-21(13-7-3-5-9-15(13)25-17)19(23)16-10-12-6-2-4-8-14(12)24-16/h2-9,16-17H,10-11H2,1H3,(H,20,22)/t16-,17+/m1/s1. The molecule has 4 rings (SSSR count). The highest BCUT2D eigenvalue weighted by molar-refractivity contribution is 6.00. The number of carbonyl (C=O) groups excluding carboxylic acids is 2. The summed E-state index contributed by atoms with van der Waals surface area (Å²) in [6.45, 7) is 0.158. The molecule has 2 amide bonds. The van der Waals surface area contributed by atoms with Gasteiger partial charge in [-0.15, -0.1) is 0 Å². The Morgan fingerprint density at radius 2 is 1.68 bits per heavy atom. The number of nitrogens with one attached hydrogen (secondary N) is 1. The summed E-state index contributed by atoms with van der Waals surface area (Å²) in [6, 6.07) is 14.9. The summed E-state index contributed by atoms with van der Waals surface area (Å²) in [5, 5.41) is 2.58. The van der Waals surface area contributed by atoms with Crippen LogP contribution in [0.5, 0.6) is 11.5 Å². The van der Waals surface area contributed by atoms with Crippen molar-refractivity contribution in [1.82, 2.24) is 5.32 Å². The lowest BCUT2D eigenvalue weighted by atomic mass is 10.1. The number of rotatable bonds is 2. The molecular formula is C19H18N2O4. The number of anilines is 1. The summed E-state index contributed by atoms with van der Waals surface area (Å²) in [7, 11) is 1.55. The SMILES string of the molecule is CNC(=O)[C@@H]1CN(C(=O)[C@H]2Cc3ccccc3O2)c2ccccc2O1. The second-order valence-electron chi connectivity index (χ2n) is 6.06. The van der Waals surface area contributed by atoms with Gasteiger partial charge in [-0.1, -0.05) is 30.3 Å². The number of benzene rings is 2. The van der Waals surface area contributed by atoms with Crippen LogP contribution < -0.4 is 19.7 Å². The van der Waals surface area contributed by atoms with Gasteiger partial charge < -0.3 is 19.7 Å². The third kappa shape index (κ3) is 2.69. The van der Waals surface area contributed by atoms with Gasteiger partial charge in [0, 0.05) is 13.5 Å². The number of carbonyl (C=O) groups is 2. The van der Waals surface area contributed by atoms with Crippen LogP contribution in [0, 0.1) is 0 Å². The fourth-order valence-corrected chi connectivity index (χ4v) is 3.23. The van der Waals surface area contributed by atoms with Crippen molar-refractivity contribution < 1.29 is 19.1 Å². The van der Waals surface area contributed by atoms with Crippen LogP contribution in [-0.4, -0.2) is 37.6 Å². The van der Waals surface area contributed by atoms with Crippen LogP contribution in [0.2, 0.25) is 0 Å². The lowest BCUT2D eigenvalue weighted by Crippen LogP contribution is -2.53. The second kappa shape index (κ2) is 6.12. The summed E-state index contributed by atoms with van der Waals surface area (Å²) < 4.78 is 11.6. The van der Waals surface area contributed by atoms with E-state index in [1.807, 2.05) is 42.5 Å². The van der Waals surface area contributed by atoms with Crippen molar-refractivity contribution in [3.05, 3.63) is 54.1 Å². The van der Waals surface area contributed by atoms with Gasteiger partial charge in [-0.25, -0.2) is 0 Å². The Labute approximate surface area is 145 Å². The zero-order chi connectivity index (χ0) is 17.4. The third-order valence-electron chi connectivity index (χ3n) is 4.50. The van der Waals surface area contributed by atoms with Gasteiger partial charge in [0.15, 0.2) is 12.2 Å². The number of para-hydroxylation sites is 3. The minimum atomic E-state index is -0.743. The first-order valence-corrected chi connectivity index (χ1v) is 8.20. The average Bonchev–Trinajstić information content (AvgIpc) is 3.10. The molecule has 0 fully saturated rings. The first-order valence-electron chi connectivity index (χ1n) is 8.20. The number of fused-ring (bicyclic) bond motifs is 2. The highest BCUT2D eigenvalue weighted by Gasteiger charge is 2.39. The van der Waals surface area contributed by atoms with E-state index in [-0.39, 0.29) is 18.4 Å². The number of likely N-dealkylation sites (N-methyl/N-ethyl adjacent to an activating group) is 1. The molecule has 0 saturated carbocycles. The van der Waals surface area contributed by atoms with Crippen LogP contribution in [-0.2, 0) is 16.0 Å². The maximum Gasteiger partial charge on any atom is 0.268 e. The van der Waals surface area contributed by atoms with Crippen LogP contribution in [0.1, 0.15) is 5.56 Å². The van der Waals surface area contributed by atoms with Crippen molar-refractivity contribution in [2.75, 3.05) is 18.5 Å². The fraction of sp³-hybridized carbons (Fsp3) is 0.263. The number of ether oxygens (including phenoxy) is 2. The highest BCUT2D eigenvalue weighted by Crippen LogP contribution is 2.36. The molecule has 25 heavy (non-hydrogen) atoms. The number of hydrogen-bond acceptors (Lipinski definition) is 4. The molecule has 2 heterocycles. The third-order valence-corrected chi connectivity index (χ3v) is 4.50. The molecule has 128 valence electrons. The van der Waals surface area contributed by atoms with Crippen molar-refractivity contribution in [3.8, 4) is 11.5 Å². The van der Waals surface area contributed by atoms with Crippen LogP contribution in [0.25, 0.3) is 0 Å². The monoisotopic (exact) mass is 338 g/mol. The van der Waals surface area contributed by atoms with E-state index in [1.165, 1.54) is 0 Å². The molecule has 6 nitrogen and oxygen atoms in total. The van der Waals surface area contributed by atoms with Gasteiger partial charge in [0.25, 0.3) is 11.8 Å². The predicted molar refractivity (Wildman–Crippen MR) is 91.8 cm³/mol. The molecular weight excluding hydrogens is 320 g/mol. The van der Waals surface area contributed by atoms with E-state index < -0.39 is 12.2 Å². The summed E-state index contributed by atoms with van der Waals surface area (Å²) >= 11 is 0. The normalized spacial score (nSPS) is 20.8. The van der Waals surface area contributed by atoms with Crippen LogP contribution in [0.4, 0.5) is 5.69 Å². The maximum absolute atomic E-state index is 13.1. The Kier molecular flexibility index (Phi) is 3.80. The van der Waals surface area contributed by atoms with Crippen LogP contribution in [0.3, 0.4) is 0 Å². The number of hydrogen-bond donors (Lipinski definition) is 1. The topological polar surface area (TPSA) is 67.9 Å².